The summed E-state index contributed by atoms with van der Waals surface area (Å²) in [5, 5.41) is 50.5. The highest BCUT2D eigenvalue weighted by Crippen LogP contribution is 2.50. The monoisotopic (exact) mass is 717 g/mol. The van der Waals surface area contributed by atoms with Gasteiger partial charge in [-0.1, -0.05) is 10.1 Å². The van der Waals surface area contributed by atoms with Crippen molar-refractivity contribution >= 4 is 94.9 Å². The molecule has 46 heavy (non-hydrogen) atoms. The molecule has 0 aliphatic rings. The minimum Gasteiger partial charge on any atom is -0.505 e. The second-order valence-corrected chi connectivity index (χ2v) is 12.8. The highest BCUT2D eigenvalue weighted by molar-refractivity contribution is 7.95. The lowest BCUT2D eigenvalue weighted by Crippen LogP contribution is -2.02. The molecule has 0 aliphatic heterocycles. The SMILES string of the molecule is Nc1ccc(SOOO)c(/N=N/c2c(S(=O)(=O)O)cc3cc(SOOO)c(/N=N/c4cc(N)ccc4S(=O)(=O)O)c(O)c3c2N)c1. The minimum absolute atomic E-state index is 0.0323. The Labute approximate surface area is 266 Å². The van der Waals surface area contributed by atoms with Crippen LogP contribution in [0.5, 0.6) is 5.75 Å². The van der Waals surface area contributed by atoms with Crippen LogP contribution in [0.1, 0.15) is 0 Å². The van der Waals surface area contributed by atoms with Gasteiger partial charge in [-0.2, -0.15) is 16.8 Å². The van der Waals surface area contributed by atoms with E-state index in [2.05, 4.69) is 39.2 Å². The van der Waals surface area contributed by atoms with Crippen LogP contribution < -0.4 is 17.2 Å². The molecule has 4 aromatic rings. The second-order valence-electron chi connectivity index (χ2n) is 8.56. The molecule has 11 N–H and O–H groups in total. The topological polar surface area (TPSA) is 334 Å². The van der Waals surface area contributed by atoms with Crippen molar-refractivity contribution in [2.45, 2.75) is 19.6 Å². The smallest absolute Gasteiger partial charge is 0.296 e. The molecule has 0 heterocycles. The van der Waals surface area contributed by atoms with Crippen molar-refractivity contribution in [1.29, 1.82) is 0 Å². The first-order valence-corrected chi connectivity index (χ1v) is 16.0. The molecule has 0 aromatic heterocycles. The Bertz CT molecular complexity index is 2100. The van der Waals surface area contributed by atoms with E-state index in [1.54, 1.807) is 0 Å². The van der Waals surface area contributed by atoms with Crippen LogP contribution in [0.2, 0.25) is 0 Å². The van der Waals surface area contributed by atoms with E-state index in [-0.39, 0.29) is 49.7 Å². The molecule has 0 aliphatic carbocycles. The summed E-state index contributed by atoms with van der Waals surface area (Å²) in [6.07, 6.45) is 0. The fourth-order valence-corrected chi connectivity index (χ4v) is 5.98. The van der Waals surface area contributed by atoms with E-state index in [4.69, 9.17) is 27.7 Å². The maximum atomic E-state index is 12.4. The van der Waals surface area contributed by atoms with Gasteiger partial charge in [-0.3, -0.25) is 9.11 Å². The molecule has 0 radical (unpaired) electrons. The van der Waals surface area contributed by atoms with Crippen LogP contribution in [-0.4, -0.2) is 41.6 Å². The van der Waals surface area contributed by atoms with Crippen LogP contribution in [-0.2, 0) is 39.0 Å². The van der Waals surface area contributed by atoms with Crippen molar-refractivity contribution in [2.75, 3.05) is 17.2 Å². The zero-order chi connectivity index (χ0) is 33.8. The predicted octanol–water partition coefficient (Wildman–Crippen LogP) is 5.47. The van der Waals surface area contributed by atoms with Crippen LogP contribution in [0.25, 0.3) is 10.8 Å². The largest absolute Gasteiger partial charge is 0.505 e. The Hall–Kier alpha value is -4.18. The number of hydrogen-bond donors (Lipinski definition) is 8. The molecular weight excluding hydrogens is 699 g/mol. The maximum Gasteiger partial charge on any atom is 0.296 e. The summed E-state index contributed by atoms with van der Waals surface area (Å²) in [4.78, 5) is -1.60. The molecule has 0 atom stereocenters. The van der Waals surface area contributed by atoms with E-state index in [0.29, 0.717) is 12.0 Å². The lowest BCUT2D eigenvalue weighted by Gasteiger charge is -2.14. The van der Waals surface area contributed by atoms with Crippen molar-refractivity contribution in [1.82, 2.24) is 0 Å². The van der Waals surface area contributed by atoms with Crippen molar-refractivity contribution in [2.24, 2.45) is 20.5 Å². The van der Waals surface area contributed by atoms with Crippen LogP contribution in [0.4, 0.5) is 39.8 Å². The zero-order valence-electron chi connectivity index (χ0n) is 22.3. The van der Waals surface area contributed by atoms with Gasteiger partial charge >= 0.3 is 0 Å². The lowest BCUT2D eigenvalue weighted by atomic mass is 10.1. The van der Waals surface area contributed by atoms with Gasteiger partial charge in [0, 0.05) is 11.4 Å². The molecule has 4 rings (SSSR count). The fourth-order valence-electron chi connectivity index (χ4n) is 3.80. The van der Waals surface area contributed by atoms with Gasteiger partial charge in [0.15, 0.2) is 5.75 Å². The summed E-state index contributed by atoms with van der Waals surface area (Å²) in [7, 11) is -9.88. The number of anilines is 3. The molecule has 0 spiro atoms. The van der Waals surface area contributed by atoms with Gasteiger partial charge in [0.1, 0.15) is 32.5 Å². The van der Waals surface area contributed by atoms with Crippen molar-refractivity contribution < 1.29 is 60.3 Å². The molecule has 244 valence electrons. The number of aromatic hydroxyl groups is 1. The minimum atomic E-state index is -5.07. The third-order valence-corrected chi connectivity index (χ3v) is 8.70. The van der Waals surface area contributed by atoms with E-state index in [0.717, 1.165) is 24.3 Å². The standard InChI is InChI=1S/C22H19N7O13S4/c23-10-1-3-14(43-41-39-31)12(7-10)26-29-21-17(46(36,37)38)6-9-5-15(44-42-40-32)20(22(30)18(9)19(21)25)28-27-13-8-11(24)2-4-16(13)45(33,34)35/h1-8,30-32H,23-25H2,(H,33,34,35)(H,36,37,38)/b28-27+,29-26+. The zero-order valence-corrected chi connectivity index (χ0v) is 25.5. The van der Waals surface area contributed by atoms with Gasteiger partial charge in [-0.05, 0) is 53.9 Å². The predicted molar refractivity (Wildman–Crippen MR) is 161 cm³/mol. The number of nitrogens with two attached hydrogens (primary N) is 3. The fraction of sp³-hybridized carbons (Fsp3) is 0. The number of fused-ring (bicyclic) bond motifs is 1. The van der Waals surface area contributed by atoms with Gasteiger partial charge in [0.2, 0.25) is 0 Å². The van der Waals surface area contributed by atoms with Crippen LogP contribution >= 0.6 is 24.1 Å². The Kier molecular flexibility index (Phi) is 10.6. The molecule has 0 saturated heterocycles. The number of rotatable bonds is 12. The van der Waals surface area contributed by atoms with Crippen molar-refractivity contribution in [3.63, 3.8) is 0 Å². The van der Waals surface area contributed by atoms with Gasteiger partial charge in [-0.15, -0.1) is 29.1 Å². The first-order valence-electron chi connectivity index (χ1n) is 11.6. The van der Waals surface area contributed by atoms with E-state index < -0.39 is 58.5 Å². The number of azo groups is 2. The number of hydrogen-bond acceptors (Lipinski definition) is 20. The summed E-state index contributed by atoms with van der Waals surface area (Å²) < 4.78 is 76.8. The van der Waals surface area contributed by atoms with Crippen molar-refractivity contribution in [3.05, 3.63) is 48.5 Å². The molecular formula is C22H19N7O13S4. The molecule has 0 fully saturated rings. The second kappa shape index (κ2) is 14.1. The van der Waals surface area contributed by atoms with Crippen LogP contribution in [0.3, 0.4) is 0 Å². The summed E-state index contributed by atoms with van der Waals surface area (Å²) >= 11 is 0.718. The first-order chi connectivity index (χ1) is 21.6. The van der Waals surface area contributed by atoms with Gasteiger partial charge in [0.25, 0.3) is 20.2 Å². The average Bonchev–Trinajstić information content (AvgIpc) is 2.97. The highest BCUT2D eigenvalue weighted by Gasteiger charge is 2.26. The number of nitrogen functional groups attached to an aromatic ring is 3. The number of nitrogens with zero attached hydrogens (tertiary/aromatic N) is 4. The first kappa shape index (κ1) is 34.7. The Morgan fingerprint density at radius 3 is 1.80 bits per heavy atom. The molecule has 0 unspecified atom stereocenters. The summed E-state index contributed by atoms with van der Waals surface area (Å²) in [6.45, 7) is 0. The molecule has 4 aromatic carbocycles. The van der Waals surface area contributed by atoms with Gasteiger partial charge < -0.3 is 22.3 Å². The quantitative estimate of drug-likeness (QED) is 0.0225. The number of benzene rings is 4. The van der Waals surface area contributed by atoms with E-state index >= 15 is 0 Å². The molecule has 20 nitrogen and oxygen atoms in total. The Morgan fingerprint density at radius 2 is 1.20 bits per heavy atom. The molecule has 0 bridgehead atoms. The maximum absolute atomic E-state index is 12.4. The highest BCUT2D eigenvalue weighted by atomic mass is 32.2. The lowest BCUT2D eigenvalue weighted by molar-refractivity contribution is -0.432. The number of phenols is 1. The Morgan fingerprint density at radius 1 is 0.652 bits per heavy atom. The van der Waals surface area contributed by atoms with E-state index in [1.807, 2.05) is 0 Å². The van der Waals surface area contributed by atoms with E-state index in [1.165, 1.54) is 24.3 Å². The Balaban J connectivity index is 1.99. The summed E-state index contributed by atoms with van der Waals surface area (Å²) in [6, 6.07) is 9.30. The summed E-state index contributed by atoms with van der Waals surface area (Å²) in [5.74, 6) is -0.813. The van der Waals surface area contributed by atoms with Crippen LogP contribution in [0, 0.1) is 0 Å². The van der Waals surface area contributed by atoms with E-state index in [9.17, 15) is 31.0 Å². The van der Waals surface area contributed by atoms with Crippen LogP contribution in [0.15, 0.2) is 88.6 Å². The summed E-state index contributed by atoms with van der Waals surface area (Å²) in [5.41, 5.74) is 15.8. The average molecular weight is 718 g/mol. The van der Waals surface area contributed by atoms with Crippen molar-refractivity contribution in [3.8, 4) is 5.75 Å². The normalized spacial score (nSPS) is 12.5. The third kappa shape index (κ3) is 7.78. The third-order valence-electron chi connectivity index (χ3n) is 5.66. The molecule has 0 amide bonds. The van der Waals surface area contributed by atoms with Gasteiger partial charge in [-0.25, -0.2) is 10.5 Å². The number of phenolic OH excluding ortho intramolecular Hbond substituents is 1. The molecule has 24 heteroatoms. The van der Waals surface area contributed by atoms with Gasteiger partial charge in [0.05, 0.1) is 45.0 Å². The molecule has 0 saturated carbocycles.